The second-order valence-corrected chi connectivity index (χ2v) is 9.96. The van der Waals surface area contributed by atoms with Crippen LogP contribution < -0.4 is 0 Å². The SMILES string of the molecule is COC1(C2CCCC2)C=CC(CCC(=O)O)=CC1c1ccc2c(ccn2C2CCCC2)c1. The smallest absolute Gasteiger partial charge is 0.303 e. The van der Waals surface area contributed by atoms with Crippen molar-refractivity contribution in [3.05, 3.63) is 59.8 Å². The van der Waals surface area contributed by atoms with Crippen molar-refractivity contribution in [2.75, 3.05) is 7.11 Å². The van der Waals surface area contributed by atoms with Crippen molar-refractivity contribution < 1.29 is 14.6 Å². The highest BCUT2D eigenvalue weighted by Gasteiger charge is 2.46. The summed E-state index contributed by atoms with van der Waals surface area (Å²) in [6.45, 7) is 0. The summed E-state index contributed by atoms with van der Waals surface area (Å²) >= 11 is 0. The first-order valence-corrected chi connectivity index (χ1v) is 12.4. The third kappa shape index (κ3) is 3.83. The van der Waals surface area contributed by atoms with Gasteiger partial charge in [-0.3, -0.25) is 4.79 Å². The summed E-state index contributed by atoms with van der Waals surface area (Å²) in [5.74, 6) is -0.154. The van der Waals surface area contributed by atoms with Crippen LogP contribution in [0.5, 0.6) is 0 Å². The Morgan fingerprint density at radius 2 is 1.88 bits per heavy atom. The second kappa shape index (κ2) is 8.90. The van der Waals surface area contributed by atoms with E-state index in [-0.39, 0.29) is 17.9 Å². The monoisotopic (exact) mass is 433 g/mol. The lowest BCUT2D eigenvalue weighted by atomic mass is 9.69. The third-order valence-electron chi connectivity index (χ3n) is 8.22. The van der Waals surface area contributed by atoms with Gasteiger partial charge in [-0.1, -0.05) is 55.6 Å². The summed E-state index contributed by atoms with van der Waals surface area (Å²) in [6, 6.07) is 9.82. The zero-order chi connectivity index (χ0) is 22.1. The molecular formula is C28H35NO3. The molecule has 1 aromatic carbocycles. The van der Waals surface area contributed by atoms with Gasteiger partial charge < -0.3 is 14.4 Å². The van der Waals surface area contributed by atoms with Gasteiger partial charge in [0.05, 0.1) is 5.60 Å². The first kappa shape index (κ1) is 21.5. The average molecular weight is 434 g/mol. The van der Waals surface area contributed by atoms with Crippen molar-refractivity contribution >= 4 is 16.9 Å². The Bertz CT molecular complexity index is 1040. The van der Waals surface area contributed by atoms with Crippen molar-refractivity contribution in [1.29, 1.82) is 0 Å². The van der Waals surface area contributed by atoms with Crippen LogP contribution >= 0.6 is 0 Å². The van der Waals surface area contributed by atoms with Crippen LogP contribution in [0.2, 0.25) is 0 Å². The van der Waals surface area contributed by atoms with Crippen molar-refractivity contribution in [2.45, 2.75) is 81.8 Å². The molecule has 0 amide bonds. The normalized spacial score (nSPS) is 26.8. The molecule has 170 valence electrons. The van der Waals surface area contributed by atoms with Crippen LogP contribution in [0.4, 0.5) is 0 Å². The molecule has 32 heavy (non-hydrogen) atoms. The standard InChI is InChI=1S/C28H35NO3/c1-32-28(23-6-2-3-7-23)16-14-20(10-13-27(30)31)18-25(28)21-11-12-26-22(19-21)15-17-29(26)24-8-4-5-9-24/h11-12,14-19,23-25H,2-10,13H2,1H3,(H,30,31). The first-order chi connectivity index (χ1) is 15.6. The van der Waals surface area contributed by atoms with Gasteiger partial charge in [-0.25, -0.2) is 0 Å². The van der Waals surface area contributed by atoms with E-state index in [1.807, 2.05) is 7.11 Å². The molecule has 1 N–H and O–H groups in total. The van der Waals surface area contributed by atoms with Crippen LogP contribution in [0.15, 0.2) is 54.3 Å². The lowest BCUT2D eigenvalue weighted by molar-refractivity contribution is -0.136. The van der Waals surface area contributed by atoms with E-state index in [0.717, 1.165) is 5.57 Å². The summed E-state index contributed by atoms with van der Waals surface area (Å²) in [4.78, 5) is 11.2. The molecule has 2 atom stereocenters. The van der Waals surface area contributed by atoms with Crippen LogP contribution in [-0.2, 0) is 9.53 Å². The molecule has 4 nitrogen and oxygen atoms in total. The molecule has 2 aromatic rings. The molecule has 2 unspecified atom stereocenters. The number of fused-ring (bicyclic) bond motifs is 1. The molecule has 3 aliphatic rings. The molecule has 2 saturated carbocycles. The Labute approximate surface area is 191 Å². The summed E-state index contributed by atoms with van der Waals surface area (Å²) < 4.78 is 8.82. The minimum absolute atomic E-state index is 0.101. The largest absolute Gasteiger partial charge is 0.481 e. The quantitative estimate of drug-likeness (QED) is 0.524. The second-order valence-electron chi connectivity index (χ2n) is 9.96. The maximum absolute atomic E-state index is 11.2. The fraction of sp³-hybridized carbons (Fsp3) is 0.536. The van der Waals surface area contributed by atoms with Gasteiger partial charge in [0.1, 0.15) is 0 Å². The number of hydrogen-bond acceptors (Lipinski definition) is 2. The van der Waals surface area contributed by atoms with E-state index >= 15 is 0 Å². The van der Waals surface area contributed by atoms with Crippen LogP contribution in [0.3, 0.4) is 0 Å². The van der Waals surface area contributed by atoms with Gasteiger partial charge in [-0.15, -0.1) is 0 Å². The molecular weight excluding hydrogens is 398 g/mol. The molecule has 0 bridgehead atoms. The van der Waals surface area contributed by atoms with Crippen molar-refractivity contribution in [1.82, 2.24) is 4.57 Å². The molecule has 3 aliphatic carbocycles. The summed E-state index contributed by atoms with van der Waals surface area (Å²) in [5, 5.41) is 10.5. The maximum atomic E-state index is 11.2. The number of aromatic nitrogens is 1. The van der Waals surface area contributed by atoms with Crippen LogP contribution in [-0.4, -0.2) is 28.4 Å². The summed E-state index contributed by atoms with van der Waals surface area (Å²) in [5.41, 5.74) is 3.34. The number of methoxy groups -OCH3 is 1. The summed E-state index contributed by atoms with van der Waals surface area (Å²) in [7, 11) is 1.85. The Morgan fingerprint density at radius 1 is 1.12 bits per heavy atom. The van der Waals surface area contributed by atoms with Gasteiger partial charge >= 0.3 is 5.97 Å². The molecule has 5 rings (SSSR count). The Kier molecular flexibility index (Phi) is 5.98. The highest BCUT2D eigenvalue weighted by molar-refractivity contribution is 5.81. The summed E-state index contributed by atoms with van der Waals surface area (Å²) in [6.07, 6.45) is 19.8. The molecule has 0 saturated heterocycles. The van der Waals surface area contributed by atoms with Gasteiger partial charge in [0, 0.05) is 37.2 Å². The van der Waals surface area contributed by atoms with Crippen molar-refractivity contribution in [3.63, 3.8) is 0 Å². The van der Waals surface area contributed by atoms with E-state index in [2.05, 4.69) is 53.3 Å². The van der Waals surface area contributed by atoms with Gasteiger partial charge in [-0.2, -0.15) is 0 Å². The van der Waals surface area contributed by atoms with Gasteiger partial charge in [0.2, 0.25) is 0 Å². The number of ether oxygens (including phenoxy) is 1. The number of aliphatic carboxylic acids is 1. The van der Waals surface area contributed by atoms with Crippen LogP contribution in [0, 0.1) is 5.92 Å². The van der Waals surface area contributed by atoms with E-state index in [0.29, 0.717) is 18.4 Å². The average Bonchev–Trinajstić information content (AvgIpc) is 3.58. The third-order valence-corrected chi connectivity index (χ3v) is 8.22. The molecule has 4 heteroatoms. The highest BCUT2D eigenvalue weighted by atomic mass is 16.5. The lowest BCUT2D eigenvalue weighted by Crippen LogP contribution is -2.43. The predicted molar refractivity (Wildman–Crippen MR) is 128 cm³/mol. The number of allylic oxidation sites excluding steroid dienone is 2. The highest BCUT2D eigenvalue weighted by Crippen LogP contribution is 2.49. The molecule has 1 aromatic heterocycles. The van der Waals surface area contributed by atoms with Crippen molar-refractivity contribution in [3.8, 4) is 0 Å². The van der Waals surface area contributed by atoms with E-state index in [1.54, 1.807) is 0 Å². The van der Waals surface area contributed by atoms with Gasteiger partial charge in [0.25, 0.3) is 0 Å². The number of carbonyl (C=O) groups is 1. The fourth-order valence-corrected chi connectivity index (χ4v) is 6.52. The number of nitrogens with zero attached hydrogens (tertiary/aromatic N) is 1. The Hall–Kier alpha value is -2.33. The maximum Gasteiger partial charge on any atom is 0.303 e. The van der Waals surface area contributed by atoms with Crippen LogP contribution in [0.1, 0.15) is 81.7 Å². The number of hydrogen-bond donors (Lipinski definition) is 1. The van der Waals surface area contributed by atoms with E-state index < -0.39 is 5.97 Å². The number of carboxylic acids is 1. The Morgan fingerprint density at radius 3 is 2.59 bits per heavy atom. The van der Waals surface area contributed by atoms with E-state index in [4.69, 9.17) is 4.74 Å². The first-order valence-electron chi connectivity index (χ1n) is 12.4. The molecule has 1 heterocycles. The molecule has 0 aliphatic heterocycles. The topological polar surface area (TPSA) is 51.5 Å². The molecule has 2 fully saturated rings. The number of benzene rings is 1. The van der Waals surface area contributed by atoms with E-state index in [1.165, 1.54) is 67.8 Å². The predicted octanol–water partition coefficient (Wildman–Crippen LogP) is 6.78. The molecule has 0 radical (unpaired) electrons. The zero-order valence-corrected chi connectivity index (χ0v) is 19.1. The van der Waals surface area contributed by atoms with Gasteiger partial charge in [-0.05, 0) is 67.2 Å². The zero-order valence-electron chi connectivity index (χ0n) is 19.1. The van der Waals surface area contributed by atoms with Crippen LogP contribution in [0.25, 0.3) is 10.9 Å². The fourth-order valence-electron chi connectivity index (χ4n) is 6.52. The number of carboxylic acid groups (broad SMARTS) is 1. The van der Waals surface area contributed by atoms with Gasteiger partial charge in [0.15, 0.2) is 0 Å². The minimum atomic E-state index is -0.745. The number of rotatable bonds is 7. The van der Waals surface area contributed by atoms with E-state index in [9.17, 15) is 9.90 Å². The lowest BCUT2D eigenvalue weighted by Gasteiger charge is -2.43. The minimum Gasteiger partial charge on any atom is -0.481 e. The Balaban J connectivity index is 1.53. The molecule has 0 spiro atoms. The van der Waals surface area contributed by atoms with Crippen molar-refractivity contribution in [2.24, 2.45) is 5.92 Å².